The quantitative estimate of drug-likeness (QED) is 0.646. The molecule has 8 heteroatoms. The number of nitrogens with zero attached hydrogens (tertiary/aromatic N) is 4. The molecule has 0 bridgehead atoms. The molecule has 0 aliphatic carbocycles. The number of ether oxygens (including phenoxy) is 1. The van der Waals surface area contributed by atoms with Gasteiger partial charge in [-0.05, 0) is 37.2 Å². The molecule has 30 heavy (non-hydrogen) atoms. The highest BCUT2D eigenvalue weighted by Crippen LogP contribution is 2.22. The summed E-state index contributed by atoms with van der Waals surface area (Å²) in [4.78, 5) is 23.1. The number of methoxy groups -OCH3 is 1. The first-order valence-corrected chi connectivity index (χ1v) is 10.1. The molecule has 0 saturated carbocycles. The van der Waals surface area contributed by atoms with E-state index in [1.807, 2.05) is 18.2 Å². The van der Waals surface area contributed by atoms with E-state index in [4.69, 9.17) is 4.74 Å². The summed E-state index contributed by atoms with van der Waals surface area (Å²) < 4.78 is 5.33. The average Bonchev–Trinajstić information content (AvgIpc) is 2.77. The van der Waals surface area contributed by atoms with Crippen molar-refractivity contribution in [2.75, 3.05) is 70.7 Å². The van der Waals surface area contributed by atoms with Gasteiger partial charge < -0.3 is 19.9 Å². The van der Waals surface area contributed by atoms with Crippen LogP contribution in [0.15, 0.2) is 42.6 Å². The third-order valence-corrected chi connectivity index (χ3v) is 5.18. The van der Waals surface area contributed by atoms with Crippen LogP contribution in [0.3, 0.4) is 0 Å². The predicted molar refractivity (Wildman–Crippen MR) is 124 cm³/mol. The minimum Gasteiger partial charge on any atom is -0.497 e. The lowest BCUT2D eigenvalue weighted by molar-refractivity contribution is 0.0828. The van der Waals surface area contributed by atoms with E-state index in [-0.39, 0.29) is 18.3 Å². The zero-order chi connectivity index (χ0) is 20.6. The summed E-state index contributed by atoms with van der Waals surface area (Å²) in [5, 5.41) is 3.33. The lowest BCUT2D eigenvalue weighted by atomic mass is 10.2. The summed E-state index contributed by atoms with van der Waals surface area (Å²) in [5.74, 6) is 1.53. The number of carbonyl (C=O) groups excluding carboxylic acids is 1. The van der Waals surface area contributed by atoms with Crippen molar-refractivity contribution in [3.05, 3.63) is 48.2 Å². The number of hydrogen-bond donors (Lipinski definition) is 1. The Balaban J connectivity index is 0.00000320. The molecule has 164 valence electrons. The number of rotatable bonds is 8. The molecule has 3 rings (SSSR count). The van der Waals surface area contributed by atoms with E-state index in [1.165, 1.54) is 5.69 Å². The van der Waals surface area contributed by atoms with Crippen LogP contribution >= 0.6 is 12.4 Å². The molecule has 1 aliphatic heterocycles. The Morgan fingerprint density at radius 2 is 1.93 bits per heavy atom. The molecule has 1 amide bonds. The molecule has 0 spiro atoms. The zero-order valence-electron chi connectivity index (χ0n) is 18.0. The molecule has 1 aromatic heterocycles. The van der Waals surface area contributed by atoms with Gasteiger partial charge in [-0.3, -0.25) is 9.69 Å². The topological polar surface area (TPSA) is 60.9 Å². The molecule has 1 aliphatic rings. The van der Waals surface area contributed by atoms with Crippen molar-refractivity contribution in [1.82, 2.24) is 14.8 Å². The molecule has 1 N–H and O–H groups in total. The fraction of sp³-hybridized carbons (Fsp3) is 0.455. The van der Waals surface area contributed by atoms with Gasteiger partial charge in [-0.2, -0.15) is 0 Å². The first-order chi connectivity index (χ1) is 14.1. The summed E-state index contributed by atoms with van der Waals surface area (Å²) in [7, 11) is 5.21. The lowest BCUT2D eigenvalue weighted by Gasteiger charge is -2.36. The fourth-order valence-electron chi connectivity index (χ4n) is 3.51. The number of nitrogens with one attached hydrogen (secondary N) is 1. The van der Waals surface area contributed by atoms with Gasteiger partial charge in [0.15, 0.2) is 0 Å². The molecular weight excluding hydrogens is 402 g/mol. The minimum atomic E-state index is -0.0331. The SMILES string of the molecule is COc1cccc(N2CCN(CCCNc3ncccc3C(=O)N(C)C)CC2)c1.Cl. The third-order valence-electron chi connectivity index (χ3n) is 5.18. The summed E-state index contributed by atoms with van der Waals surface area (Å²) in [6.45, 7) is 5.95. The van der Waals surface area contributed by atoms with Crippen LogP contribution in [0.5, 0.6) is 5.75 Å². The first kappa shape index (κ1) is 23.8. The minimum absolute atomic E-state index is 0. The number of pyridine rings is 1. The highest BCUT2D eigenvalue weighted by Gasteiger charge is 2.17. The van der Waals surface area contributed by atoms with Crippen LogP contribution in [0.25, 0.3) is 0 Å². The normalized spacial score (nSPS) is 14.0. The van der Waals surface area contributed by atoms with Crippen molar-refractivity contribution < 1.29 is 9.53 Å². The third kappa shape index (κ3) is 6.24. The summed E-state index contributed by atoms with van der Waals surface area (Å²) in [6.07, 6.45) is 2.72. The van der Waals surface area contributed by atoms with E-state index in [2.05, 4.69) is 32.2 Å². The van der Waals surface area contributed by atoms with Crippen LogP contribution in [0.1, 0.15) is 16.8 Å². The Morgan fingerprint density at radius 3 is 2.63 bits per heavy atom. The number of carbonyl (C=O) groups is 1. The molecule has 1 fully saturated rings. The number of halogens is 1. The number of amides is 1. The number of piperazine rings is 1. The van der Waals surface area contributed by atoms with Gasteiger partial charge in [0.25, 0.3) is 5.91 Å². The molecule has 1 aromatic carbocycles. The highest BCUT2D eigenvalue weighted by atomic mass is 35.5. The maximum absolute atomic E-state index is 12.3. The standard InChI is InChI=1S/C22H31N5O2.ClH/c1-25(2)22(28)20-9-5-10-23-21(20)24-11-6-12-26-13-15-27(16-14-26)18-7-4-8-19(17-18)29-3;/h4-5,7-10,17H,6,11-16H2,1-3H3,(H,23,24);1H. The van der Waals surface area contributed by atoms with Gasteiger partial charge in [0.1, 0.15) is 11.6 Å². The molecule has 0 radical (unpaired) electrons. The summed E-state index contributed by atoms with van der Waals surface area (Å²) in [6, 6.07) is 11.9. The Morgan fingerprint density at radius 1 is 1.17 bits per heavy atom. The Bertz CT molecular complexity index is 810. The van der Waals surface area contributed by atoms with Crippen molar-refractivity contribution >= 4 is 29.8 Å². The Labute approximate surface area is 185 Å². The Hall–Kier alpha value is -2.51. The number of anilines is 2. The monoisotopic (exact) mass is 433 g/mol. The van der Waals surface area contributed by atoms with E-state index >= 15 is 0 Å². The number of benzene rings is 1. The second-order valence-corrected chi connectivity index (χ2v) is 7.41. The second-order valence-electron chi connectivity index (χ2n) is 7.41. The van der Waals surface area contributed by atoms with E-state index in [9.17, 15) is 4.79 Å². The maximum Gasteiger partial charge on any atom is 0.257 e. The van der Waals surface area contributed by atoms with Crippen LogP contribution in [-0.2, 0) is 0 Å². The summed E-state index contributed by atoms with van der Waals surface area (Å²) >= 11 is 0. The molecule has 2 aromatic rings. The van der Waals surface area contributed by atoms with Gasteiger partial charge in [0.2, 0.25) is 0 Å². The summed E-state index contributed by atoms with van der Waals surface area (Å²) in [5.41, 5.74) is 1.84. The fourth-order valence-corrected chi connectivity index (χ4v) is 3.51. The van der Waals surface area contributed by atoms with Crippen LogP contribution in [0.4, 0.5) is 11.5 Å². The molecule has 0 unspecified atom stereocenters. The van der Waals surface area contributed by atoms with Crippen molar-refractivity contribution in [3.63, 3.8) is 0 Å². The predicted octanol–water partition coefficient (Wildman–Crippen LogP) is 2.84. The van der Waals surface area contributed by atoms with Gasteiger partial charge in [-0.25, -0.2) is 4.98 Å². The van der Waals surface area contributed by atoms with Crippen LogP contribution < -0.4 is 15.0 Å². The second kappa shape index (κ2) is 11.6. The molecule has 1 saturated heterocycles. The highest BCUT2D eigenvalue weighted by molar-refractivity contribution is 5.98. The van der Waals surface area contributed by atoms with Crippen LogP contribution in [0, 0.1) is 0 Å². The van der Waals surface area contributed by atoms with Gasteiger partial charge in [0, 0.05) is 64.8 Å². The van der Waals surface area contributed by atoms with E-state index in [0.29, 0.717) is 11.4 Å². The first-order valence-electron chi connectivity index (χ1n) is 10.1. The lowest BCUT2D eigenvalue weighted by Crippen LogP contribution is -2.46. The average molecular weight is 434 g/mol. The van der Waals surface area contributed by atoms with Crippen molar-refractivity contribution in [2.45, 2.75) is 6.42 Å². The van der Waals surface area contributed by atoms with E-state index in [1.54, 1.807) is 38.4 Å². The molecular formula is C22H32ClN5O2. The van der Waals surface area contributed by atoms with Gasteiger partial charge >= 0.3 is 0 Å². The Kier molecular flexibility index (Phi) is 9.20. The molecule has 7 nitrogen and oxygen atoms in total. The zero-order valence-corrected chi connectivity index (χ0v) is 18.8. The van der Waals surface area contributed by atoms with Crippen molar-refractivity contribution in [2.24, 2.45) is 0 Å². The van der Waals surface area contributed by atoms with Crippen molar-refractivity contribution in [1.29, 1.82) is 0 Å². The number of aromatic nitrogens is 1. The van der Waals surface area contributed by atoms with Crippen LogP contribution in [0.2, 0.25) is 0 Å². The van der Waals surface area contributed by atoms with Crippen LogP contribution in [-0.4, -0.2) is 81.2 Å². The van der Waals surface area contributed by atoms with Gasteiger partial charge in [-0.1, -0.05) is 6.07 Å². The van der Waals surface area contributed by atoms with Gasteiger partial charge in [-0.15, -0.1) is 12.4 Å². The maximum atomic E-state index is 12.3. The molecule has 2 heterocycles. The van der Waals surface area contributed by atoms with Crippen molar-refractivity contribution in [3.8, 4) is 5.75 Å². The number of hydrogen-bond acceptors (Lipinski definition) is 6. The largest absolute Gasteiger partial charge is 0.497 e. The van der Waals surface area contributed by atoms with Gasteiger partial charge in [0.05, 0.1) is 12.7 Å². The van der Waals surface area contributed by atoms with E-state index in [0.717, 1.165) is 51.4 Å². The smallest absolute Gasteiger partial charge is 0.257 e. The molecule has 0 atom stereocenters. The van der Waals surface area contributed by atoms with E-state index < -0.39 is 0 Å².